The van der Waals surface area contributed by atoms with E-state index >= 15 is 0 Å². The highest BCUT2D eigenvalue weighted by molar-refractivity contribution is 7.91. The maximum Gasteiger partial charge on any atom is 0.232 e. The molecule has 6 aliphatic carbocycles. The topological polar surface area (TPSA) is 84.4 Å². The Hall–Kier alpha value is -1.77. The summed E-state index contributed by atoms with van der Waals surface area (Å²) in [6, 6.07) is 0. The van der Waals surface area contributed by atoms with Crippen LogP contribution in [0.15, 0.2) is 41.9 Å². The Balaban J connectivity index is 0.954. The van der Waals surface area contributed by atoms with Crippen molar-refractivity contribution in [2.24, 2.45) is 51.2 Å². The van der Waals surface area contributed by atoms with Gasteiger partial charge in [0.1, 0.15) is 0 Å². The number of hydrogen-bond acceptors (Lipinski definition) is 7. The van der Waals surface area contributed by atoms with Crippen molar-refractivity contribution in [3.63, 3.8) is 0 Å². The zero-order chi connectivity index (χ0) is 35.7. The van der Waals surface area contributed by atoms with Crippen LogP contribution in [0.2, 0.25) is 0 Å². The molecule has 0 radical (unpaired) electrons. The number of nitrogens with zero attached hydrogens (tertiary/aromatic N) is 3. The minimum absolute atomic E-state index is 0.191. The molecule has 282 valence electrons. The second-order valence-corrected chi connectivity index (χ2v) is 21.8. The largest absolute Gasteiger partial charge is 0.476 e. The monoisotopic (exact) mass is 718 g/mol. The summed E-state index contributed by atoms with van der Waals surface area (Å²) in [7, 11) is -2.83. The van der Waals surface area contributed by atoms with Crippen LogP contribution >= 0.6 is 0 Å². The van der Waals surface area contributed by atoms with Crippen LogP contribution in [0.1, 0.15) is 118 Å². The van der Waals surface area contributed by atoms with Gasteiger partial charge in [-0.05, 0) is 139 Å². The second kappa shape index (κ2) is 13.2. The molecule has 8 heteroatoms. The van der Waals surface area contributed by atoms with Gasteiger partial charge in [-0.3, -0.25) is 4.98 Å². The third-order valence-electron chi connectivity index (χ3n) is 17.2. The summed E-state index contributed by atoms with van der Waals surface area (Å²) >= 11 is 0. The van der Waals surface area contributed by atoms with Gasteiger partial charge < -0.3 is 15.0 Å². The fraction of sp³-hybridized carbons (Fsp3) is 0.814. The number of hydrogen-bond donors (Lipinski definition) is 1. The Morgan fingerprint density at radius 3 is 2.45 bits per heavy atom. The molecule has 0 aromatic carbocycles. The average Bonchev–Trinajstić information content (AvgIpc) is 3.53. The molecule has 7 aliphatic rings. The second-order valence-electron chi connectivity index (χ2n) is 19.5. The predicted octanol–water partition coefficient (Wildman–Crippen LogP) is 8.05. The summed E-state index contributed by atoms with van der Waals surface area (Å²) < 4.78 is 29.9. The summed E-state index contributed by atoms with van der Waals surface area (Å²) in [5.41, 5.74) is 4.88. The molecule has 8 rings (SSSR count). The summed E-state index contributed by atoms with van der Waals surface area (Å²) in [5, 5.41) is 4.20. The van der Waals surface area contributed by atoms with Gasteiger partial charge in [0, 0.05) is 44.1 Å². The van der Waals surface area contributed by atoms with E-state index in [9.17, 15) is 8.42 Å². The molecular weight excluding hydrogens is 653 g/mol. The van der Waals surface area contributed by atoms with E-state index in [1.54, 1.807) is 29.7 Å². The lowest BCUT2D eigenvalue weighted by Gasteiger charge is -2.72. The van der Waals surface area contributed by atoms with Crippen LogP contribution in [0, 0.1) is 51.2 Å². The first-order chi connectivity index (χ1) is 24.3. The number of nitrogens with one attached hydrogen (secondary N) is 1. The lowest BCUT2D eigenvalue weighted by molar-refractivity contribution is -0.218. The van der Waals surface area contributed by atoms with Crippen LogP contribution in [-0.4, -0.2) is 73.1 Å². The van der Waals surface area contributed by atoms with Crippen LogP contribution in [0.4, 0.5) is 0 Å². The van der Waals surface area contributed by atoms with E-state index in [2.05, 4.69) is 67.0 Å². The van der Waals surface area contributed by atoms with Gasteiger partial charge in [0.25, 0.3) is 0 Å². The molecule has 2 heterocycles. The van der Waals surface area contributed by atoms with E-state index in [-0.39, 0.29) is 11.0 Å². The molecule has 51 heavy (non-hydrogen) atoms. The van der Waals surface area contributed by atoms with Gasteiger partial charge >= 0.3 is 0 Å². The number of ether oxygens (including phenoxy) is 1. The fourth-order valence-electron chi connectivity index (χ4n) is 14.3. The van der Waals surface area contributed by atoms with Gasteiger partial charge in [0.05, 0.1) is 24.3 Å². The molecule has 1 N–H and O–H groups in total. The lowest BCUT2D eigenvalue weighted by Crippen LogP contribution is -2.67. The first-order valence-electron chi connectivity index (χ1n) is 20.8. The highest BCUT2D eigenvalue weighted by Gasteiger charge is 2.69. The van der Waals surface area contributed by atoms with Gasteiger partial charge in [-0.25, -0.2) is 13.4 Å². The summed E-state index contributed by atoms with van der Waals surface area (Å²) in [4.78, 5) is 10.8. The normalized spacial score (nSPS) is 43.1. The Morgan fingerprint density at radius 1 is 0.882 bits per heavy atom. The highest BCUT2D eigenvalue weighted by Crippen LogP contribution is 2.76. The van der Waals surface area contributed by atoms with Gasteiger partial charge in [-0.1, -0.05) is 53.2 Å². The number of sulfone groups is 1. The van der Waals surface area contributed by atoms with E-state index in [1.807, 2.05) is 0 Å². The zero-order valence-electron chi connectivity index (χ0n) is 32.4. The first kappa shape index (κ1) is 36.2. The Bertz CT molecular complexity index is 1610. The van der Waals surface area contributed by atoms with Crippen molar-refractivity contribution in [3.8, 4) is 5.88 Å². The van der Waals surface area contributed by atoms with Crippen molar-refractivity contribution in [3.05, 3.63) is 41.9 Å². The molecular formula is C43H66N4O3S. The average molecular weight is 719 g/mol. The van der Waals surface area contributed by atoms with E-state index in [4.69, 9.17) is 4.74 Å². The molecule has 1 aliphatic heterocycles. The lowest BCUT2D eigenvalue weighted by atomic mass is 9.33. The van der Waals surface area contributed by atoms with Crippen LogP contribution < -0.4 is 10.1 Å². The molecule has 5 fully saturated rings. The number of rotatable bonds is 8. The van der Waals surface area contributed by atoms with E-state index < -0.39 is 9.84 Å². The smallest absolute Gasteiger partial charge is 0.232 e. The van der Waals surface area contributed by atoms with Gasteiger partial charge in [0.2, 0.25) is 5.88 Å². The molecule has 0 spiro atoms. The first-order valence-corrected chi connectivity index (χ1v) is 22.6. The molecule has 9 atom stereocenters. The fourth-order valence-corrected chi connectivity index (χ4v) is 15.6. The molecule has 1 aromatic rings. The van der Waals surface area contributed by atoms with Crippen molar-refractivity contribution in [2.75, 3.05) is 44.3 Å². The Kier molecular flexibility index (Phi) is 9.38. The number of aromatic nitrogens is 2. The Morgan fingerprint density at radius 2 is 1.71 bits per heavy atom. The van der Waals surface area contributed by atoms with Gasteiger partial charge in [-0.2, -0.15) is 0 Å². The molecule has 1 saturated heterocycles. The maximum absolute atomic E-state index is 12.0. The molecule has 7 unspecified atom stereocenters. The third kappa shape index (κ3) is 6.08. The maximum atomic E-state index is 12.0. The van der Waals surface area contributed by atoms with Gasteiger partial charge in [-0.15, -0.1) is 0 Å². The predicted molar refractivity (Wildman–Crippen MR) is 205 cm³/mol. The highest BCUT2D eigenvalue weighted by atomic mass is 32.2. The zero-order valence-corrected chi connectivity index (χ0v) is 33.2. The number of allylic oxidation sites excluding steroid dienone is 4. The van der Waals surface area contributed by atoms with Crippen LogP contribution in [0.25, 0.3) is 0 Å². The van der Waals surface area contributed by atoms with Crippen molar-refractivity contribution in [1.82, 2.24) is 20.2 Å². The molecule has 0 amide bonds. The minimum Gasteiger partial charge on any atom is -0.476 e. The molecule has 1 aromatic heterocycles. The minimum atomic E-state index is -2.83. The van der Waals surface area contributed by atoms with E-state index in [1.165, 1.54) is 70.6 Å². The van der Waals surface area contributed by atoms with Crippen molar-refractivity contribution in [2.45, 2.75) is 124 Å². The quantitative estimate of drug-likeness (QED) is 0.291. The van der Waals surface area contributed by atoms with E-state index in [0.717, 1.165) is 56.2 Å². The van der Waals surface area contributed by atoms with Crippen molar-refractivity contribution in [1.29, 1.82) is 0 Å². The van der Waals surface area contributed by atoms with Gasteiger partial charge in [0.15, 0.2) is 9.84 Å². The van der Waals surface area contributed by atoms with E-state index in [0.29, 0.717) is 52.6 Å². The van der Waals surface area contributed by atoms with Crippen LogP contribution in [0.5, 0.6) is 5.88 Å². The summed E-state index contributed by atoms with van der Waals surface area (Å²) in [6.07, 6.45) is 27.3. The molecule has 7 nitrogen and oxygen atoms in total. The van der Waals surface area contributed by atoms with Crippen LogP contribution in [0.3, 0.4) is 0 Å². The summed E-state index contributed by atoms with van der Waals surface area (Å²) in [5.74, 6) is 4.93. The number of fused-ring (bicyclic) bond motifs is 7. The van der Waals surface area contributed by atoms with Crippen molar-refractivity contribution >= 4 is 9.84 Å². The Labute approximate surface area is 309 Å². The molecule has 4 saturated carbocycles. The van der Waals surface area contributed by atoms with Crippen LogP contribution in [-0.2, 0) is 9.84 Å². The van der Waals surface area contributed by atoms with Crippen molar-refractivity contribution < 1.29 is 13.2 Å². The molecule has 0 bridgehead atoms. The standard InChI is InChI=1S/C43H66N4O3S/c1-39(2)33(32-10-8-31(9-11-32)30-50-38-29-44-21-22-45-38)14-17-40(3)36(39)15-18-42(5)37(40)13-12-34-35-7-6-16-43(35,20-19-41(34,42)4)46-23-24-47-25-27-51(48,49)28-26-47/h10,14,21-22,29,31,34-37,46H,6-9,11-13,15-20,23-28,30H2,1-5H3/t31?,34?,35-,36?,37?,40?,41-,42?,43?/m1/s1. The SMILES string of the molecule is CC1(C)C(C2=CCC(COc3cnccn3)CC2)=CCC2(C)C1CCC1(C)C2CCC2[C@H]3CCCC3(NCCN3CCS(=O)(=O)CC3)CC[C@]21C. The third-order valence-corrected chi connectivity index (χ3v) is 18.8. The summed E-state index contributed by atoms with van der Waals surface area (Å²) in [6.45, 7) is 17.6.